The number of aromatic amines is 1. The second-order valence-electron chi connectivity index (χ2n) is 6.01. The fourth-order valence-electron chi connectivity index (χ4n) is 2.77. The average molecular weight is 326 g/mol. The van der Waals surface area contributed by atoms with Crippen LogP contribution >= 0.6 is 0 Å². The van der Waals surface area contributed by atoms with Crippen LogP contribution in [0.2, 0.25) is 0 Å². The average Bonchev–Trinajstić information content (AvgIpc) is 3.06. The predicted molar refractivity (Wildman–Crippen MR) is 94.3 cm³/mol. The lowest BCUT2D eigenvalue weighted by Crippen LogP contribution is -2.23. The number of hydrogen-bond donors (Lipinski definition) is 1. The molecule has 0 saturated carbocycles. The van der Waals surface area contributed by atoms with Gasteiger partial charge in [0.2, 0.25) is 0 Å². The van der Waals surface area contributed by atoms with E-state index in [4.69, 9.17) is 4.74 Å². The summed E-state index contributed by atoms with van der Waals surface area (Å²) in [6.07, 6.45) is 4.73. The summed E-state index contributed by atoms with van der Waals surface area (Å²) in [5, 5.41) is 0. The first-order valence-electron chi connectivity index (χ1n) is 8.10. The maximum Gasteiger partial charge on any atom is 0.254 e. The highest BCUT2D eigenvalue weighted by molar-refractivity contribution is 5.56. The zero-order chi connectivity index (χ0) is 17.1. The van der Waals surface area contributed by atoms with Gasteiger partial charge in [-0.25, -0.2) is 9.97 Å². The molecule has 1 aliphatic heterocycles. The van der Waals surface area contributed by atoms with Gasteiger partial charge in [-0.2, -0.15) is 0 Å². The minimum Gasteiger partial charge on any atom is -0.372 e. The third kappa shape index (κ3) is 3.38. The van der Waals surface area contributed by atoms with Gasteiger partial charge in [-0.3, -0.25) is 4.79 Å². The predicted octanol–water partition coefficient (Wildman–Crippen LogP) is 2.23. The summed E-state index contributed by atoms with van der Waals surface area (Å²) in [6.45, 7) is 9.61. The molecule has 6 heteroatoms. The van der Waals surface area contributed by atoms with E-state index in [-0.39, 0.29) is 11.7 Å². The molecule has 24 heavy (non-hydrogen) atoms. The molecule has 1 atom stereocenters. The van der Waals surface area contributed by atoms with Crippen LogP contribution in [0.1, 0.15) is 17.7 Å². The van der Waals surface area contributed by atoms with Crippen molar-refractivity contribution in [3.05, 3.63) is 52.6 Å². The van der Waals surface area contributed by atoms with Crippen LogP contribution < -0.4 is 10.5 Å². The van der Waals surface area contributed by atoms with Crippen LogP contribution in [-0.2, 0) is 4.74 Å². The number of hydrogen-bond acceptors (Lipinski definition) is 5. The summed E-state index contributed by atoms with van der Waals surface area (Å²) in [7, 11) is 0. The van der Waals surface area contributed by atoms with Crippen molar-refractivity contribution in [2.24, 2.45) is 0 Å². The summed E-state index contributed by atoms with van der Waals surface area (Å²) in [5.41, 5.74) is 2.08. The Bertz CT molecular complexity index is 783. The number of anilines is 1. The summed E-state index contributed by atoms with van der Waals surface area (Å²) >= 11 is 0. The summed E-state index contributed by atoms with van der Waals surface area (Å²) < 4.78 is 5.70. The summed E-state index contributed by atoms with van der Waals surface area (Å²) in [6, 6.07) is 3.90. The molecular weight excluding hydrogens is 304 g/mol. The number of aryl methyl sites for hydroxylation is 1. The maximum atomic E-state index is 11.9. The Labute approximate surface area is 141 Å². The molecule has 3 heterocycles. The fourth-order valence-corrected chi connectivity index (χ4v) is 2.77. The van der Waals surface area contributed by atoms with Gasteiger partial charge in [0.25, 0.3) is 5.56 Å². The lowest BCUT2D eigenvalue weighted by atomic mass is 10.2. The molecule has 1 unspecified atom stereocenters. The monoisotopic (exact) mass is 326 g/mol. The van der Waals surface area contributed by atoms with E-state index in [1.165, 1.54) is 0 Å². The number of ether oxygens (including phenoxy) is 1. The van der Waals surface area contributed by atoms with E-state index in [9.17, 15) is 4.79 Å². The Morgan fingerprint density at radius 2 is 2.29 bits per heavy atom. The number of nitrogens with zero attached hydrogens (tertiary/aromatic N) is 3. The number of H-pyrrole nitrogens is 1. The molecule has 2 aromatic heterocycles. The molecule has 3 rings (SSSR count). The molecule has 0 aromatic carbocycles. The maximum absolute atomic E-state index is 11.9. The van der Waals surface area contributed by atoms with Crippen molar-refractivity contribution >= 4 is 5.82 Å². The number of aromatic nitrogens is 3. The first-order chi connectivity index (χ1) is 11.6. The second-order valence-corrected chi connectivity index (χ2v) is 6.01. The molecule has 6 nitrogen and oxygen atoms in total. The molecular formula is C18H22N4O2. The van der Waals surface area contributed by atoms with Crippen LogP contribution in [0.4, 0.5) is 5.82 Å². The Kier molecular flexibility index (Phi) is 4.76. The molecule has 2 aromatic rings. The molecule has 1 fully saturated rings. The molecule has 1 N–H and O–H groups in total. The van der Waals surface area contributed by atoms with Gasteiger partial charge in [-0.15, -0.1) is 6.58 Å². The normalized spacial score (nSPS) is 17.2. The van der Waals surface area contributed by atoms with Crippen LogP contribution in [0.3, 0.4) is 0 Å². The van der Waals surface area contributed by atoms with Crippen molar-refractivity contribution in [2.45, 2.75) is 26.4 Å². The van der Waals surface area contributed by atoms with Crippen molar-refractivity contribution in [1.29, 1.82) is 0 Å². The van der Waals surface area contributed by atoms with Crippen LogP contribution in [0, 0.1) is 13.8 Å². The topological polar surface area (TPSA) is 71.1 Å². The van der Waals surface area contributed by atoms with Crippen molar-refractivity contribution in [3.8, 4) is 11.4 Å². The highest BCUT2D eigenvalue weighted by atomic mass is 16.5. The zero-order valence-corrected chi connectivity index (χ0v) is 14.1. The van der Waals surface area contributed by atoms with Crippen molar-refractivity contribution in [3.63, 3.8) is 0 Å². The van der Waals surface area contributed by atoms with Gasteiger partial charge in [0.15, 0.2) is 0 Å². The third-order valence-corrected chi connectivity index (χ3v) is 4.33. The van der Waals surface area contributed by atoms with Gasteiger partial charge in [0.1, 0.15) is 11.6 Å². The molecule has 0 spiro atoms. The van der Waals surface area contributed by atoms with Gasteiger partial charge in [0.05, 0.1) is 12.7 Å². The minimum absolute atomic E-state index is 0.108. The van der Waals surface area contributed by atoms with E-state index in [2.05, 4.69) is 26.4 Å². The Balaban J connectivity index is 1.74. The zero-order valence-electron chi connectivity index (χ0n) is 14.1. The second kappa shape index (κ2) is 6.97. The van der Waals surface area contributed by atoms with E-state index in [0.29, 0.717) is 18.0 Å². The van der Waals surface area contributed by atoms with Crippen molar-refractivity contribution in [2.75, 3.05) is 24.6 Å². The molecule has 0 radical (unpaired) electrons. The van der Waals surface area contributed by atoms with Crippen molar-refractivity contribution in [1.82, 2.24) is 15.0 Å². The highest BCUT2D eigenvalue weighted by Gasteiger charge is 2.23. The van der Waals surface area contributed by atoms with E-state index in [1.807, 2.05) is 19.1 Å². The van der Waals surface area contributed by atoms with E-state index < -0.39 is 0 Å². The molecule has 0 aliphatic carbocycles. The molecule has 0 bridgehead atoms. The van der Waals surface area contributed by atoms with Crippen LogP contribution in [0.15, 0.2) is 35.8 Å². The van der Waals surface area contributed by atoms with E-state index in [1.54, 1.807) is 19.2 Å². The van der Waals surface area contributed by atoms with Crippen LogP contribution in [-0.4, -0.2) is 40.8 Å². The minimum atomic E-state index is -0.108. The quantitative estimate of drug-likeness (QED) is 0.853. The van der Waals surface area contributed by atoms with Gasteiger partial charge >= 0.3 is 0 Å². The number of pyridine rings is 1. The van der Waals surface area contributed by atoms with Crippen LogP contribution in [0.25, 0.3) is 11.4 Å². The fraction of sp³-hybridized carbons (Fsp3) is 0.389. The lowest BCUT2D eigenvalue weighted by Gasteiger charge is -2.17. The highest BCUT2D eigenvalue weighted by Crippen LogP contribution is 2.22. The lowest BCUT2D eigenvalue weighted by molar-refractivity contribution is 0.0909. The summed E-state index contributed by atoms with van der Waals surface area (Å²) in [5.74, 6) is 1.46. The SMILES string of the molecule is C=CCOC1CCN(c2ccc(-c3nc(C)c(C)c(=O)[nH]3)cn2)C1. The molecule has 126 valence electrons. The summed E-state index contributed by atoms with van der Waals surface area (Å²) in [4.78, 5) is 25.9. The van der Waals surface area contributed by atoms with Crippen LogP contribution in [0.5, 0.6) is 0 Å². The van der Waals surface area contributed by atoms with Gasteiger partial charge in [-0.1, -0.05) is 6.08 Å². The van der Waals surface area contributed by atoms with Gasteiger partial charge in [0, 0.05) is 36.1 Å². The Morgan fingerprint density at radius 1 is 1.46 bits per heavy atom. The Hall–Kier alpha value is -2.47. The first kappa shape index (κ1) is 16.4. The number of nitrogens with one attached hydrogen (secondary N) is 1. The standard InChI is InChI=1S/C18H22N4O2/c1-4-9-24-15-7-8-22(11-15)16-6-5-14(10-19-16)17-20-13(3)12(2)18(23)21-17/h4-6,10,15H,1,7-9,11H2,2-3H3,(H,20,21,23). The van der Waals surface area contributed by atoms with E-state index >= 15 is 0 Å². The number of rotatable bonds is 5. The third-order valence-electron chi connectivity index (χ3n) is 4.33. The largest absolute Gasteiger partial charge is 0.372 e. The first-order valence-corrected chi connectivity index (χ1v) is 8.10. The smallest absolute Gasteiger partial charge is 0.254 e. The van der Waals surface area contributed by atoms with E-state index in [0.717, 1.165) is 36.6 Å². The molecule has 1 aliphatic rings. The molecule has 0 amide bonds. The van der Waals surface area contributed by atoms with Gasteiger partial charge < -0.3 is 14.6 Å². The molecule has 1 saturated heterocycles. The Morgan fingerprint density at radius 3 is 2.96 bits per heavy atom. The van der Waals surface area contributed by atoms with Crippen molar-refractivity contribution < 1.29 is 4.74 Å². The van der Waals surface area contributed by atoms with Gasteiger partial charge in [-0.05, 0) is 32.4 Å².